The Kier molecular flexibility index (Phi) is 10.0. The second kappa shape index (κ2) is 13.2. The van der Waals surface area contributed by atoms with Gasteiger partial charge in [-0.1, -0.05) is 43.4 Å². The number of rotatable bonds is 8. The van der Waals surface area contributed by atoms with Gasteiger partial charge in [-0.3, -0.25) is 4.90 Å². The number of allylic oxidation sites excluding steroid dienone is 2. The summed E-state index contributed by atoms with van der Waals surface area (Å²) in [6.45, 7) is 4.48. The summed E-state index contributed by atoms with van der Waals surface area (Å²) in [7, 11) is 0. The lowest BCUT2D eigenvalue weighted by molar-refractivity contribution is -0.152. The first-order valence-corrected chi connectivity index (χ1v) is 12.9. The van der Waals surface area contributed by atoms with Gasteiger partial charge in [-0.25, -0.2) is 23.6 Å². The average Bonchev–Trinajstić information content (AvgIpc) is 2.93. The lowest BCUT2D eigenvalue weighted by atomic mass is 9.74. The number of carboxylic acid groups (broad SMARTS) is 4. The zero-order valence-electron chi connectivity index (χ0n) is 22.6. The minimum Gasteiger partial charge on any atom is -0.490 e. The molecule has 11 heteroatoms. The Morgan fingerprint density at radius 3 is 2.02 bits per heavy atom. The molecule has 4 N–H and O–H groups in total. The quantitative estimate of drug-likeness (QED) is 0.360. The van der Waals surface area contributed by atoms with E-state index < -0.39 is 41.2 Å². The normalized spacial score (nSPS) is 20.8. The molecule has 0 saturated carbocycles. The lowest BCUT2D eigenvalue weighted by Crippen LogP contribution is -2.61. The van der Waals surface area contributed by atoms with Crippen LogP contribution in [0.3, 0.4) is 0 Å². The molecular formula is C30H32FNO9. The van der Waals surface area contributed by atoms with Crippen molar-refractivity contribution in [2.24, 2.45) is 11.8 Å². The highest BCUT2D eigenvalue weighted by atomic mass is 19.1. The lowest BCUT2D eigenvalue weighted by Gasteiger charge is -2.46. The summed E-state index contributed by atoms with van der Waals surface area (Å²) >= 11 is 0. The van der Waals surface area contributed by atoms with Crippen LogP contribution in [0.15, 0.2) is 66.3 Å². The summed E-state index contributed by atoms with van der Waals surface area (Å²) in [5, 5.41) is 36.7. The molecule has 1 heterocycles. The van der Waals surface area contributed by atoms with E-state index in [1.54, 1.807) is 31.2 Å². The zero-order valence-corrected chi connectivity index (χ0v) is 22.6. The Bertz CT molecular complexity index is 1350. The molecule has 2 aliphatic rings. The molecule has 2 atom stereocenters. The molecule has 41 heavy (non-hydrogen) atoms. The molecule has 2 aromatic rings. The highest BCUT2D eigenvalue weighted by molar-refractivity contribution is 5.96. The first-order chi connectivity index (χ1) is 19.4. The molecule has 2 aromatic carbocycles. The number of carboxylic acids is 4. The molecule has 1 saturated heterocycles. The van der Waals surface area contributed by atoms with Gasteiger partial charge in [0.1, 0.15) is 5.54 Å². The van der Waals surface area contributed by atoms with Crippen molar-refractivity contribution in [3.8, 4) is 5.75 Å². The van der Waals surface area contributed by atoms with E-state index in [0.717, 1.165) is 0 Å². The molecule has 2 unspecified atom stereocenters. The van der Waals surface area contributed by atoms with Crippen molar-refractivity contribution in [3.63, 3.8) is 0 Å². The Hall–Kier alpha value is -4.51. The van der Waals surface area contributed by atoms with Crippen LogP contribution in [0.1, 0.15) is 46.0 Å². The van der Waals surface area contributed by atoms with E-state index >= 15 is 0 Å². The van der Waals surface area contributed by atoms with Crippen LogP contribution in [0.5, 0.6) is 5.75 Å². The minimum atomic E-state index is -1.38. The maximum Gasteiger partial charge on any atom is 0.335 e. The maximum absolute atomic E-state index is 13.7. The number of likely N-dealkylation sites (tertiary alicyclic amines) is 1. The molecule has 0 aromatic heterocycles. The molecule has 4 rings (SSSR count). The summed E-state index contributed by atoms with van der Waals surface area (Å²) < 4.78 is 19.3. The number of nitrogens with zero attached hydrogens (tertiary/aromatic N) is 1. The molecule has 0 spiro atoms. The van der Waals surface area contributed by atoms with Gasteiger partial charge in [0, 0.05) is 11.5 Å². The second-order valence-electron chi connectivity index (χ2n) is 9.90. The molecular weight excluding hydrogens is 537 g/mol. The number of para-hydroxylation sites is 1. The van der Waals surface area contributed by atoms with Gasteiger partial charge in [0.15, 0.2) is 11.6 Å². The van der Waals surface area contributed by atoms with Crippen LogP contribution in [-0.4, -0.2) is 74.4 Å². The number of hydrogen-bond acceptors (Lipinski definition) is 6. The van der Waals surface area contributed by atoms with Crippen molar-refractivity contribution in [3.05, 3.63) is 88.8 Å². The molecule has 1 aliphatic carbocycles. The third-order valence-corrected chi connectivity index (χ3v) is 7.59. The topological polar surface area (TPSA) is 162 Å². The van der Waals surface area contributed by atoms with Crippen LogP contribution in [0, 0.1) is 24.6 Å². The van der Waals surface area contributed by atoms with E-state index in [1.165, 1.54) is 43.3 Å². The number of ether oxygens (including phenoxy) is 1. The number of halogens is 1. The van der Waals surface area contributed by atoms with E-state index in [1.807, 2.05) is 4.90 Å². The maximum atomic E-state index is 13.7. The summed E-state index contributed by atoms with van der Waals surface area (Å²) in [6.07, 6.45) is 5.95. The van der Waals surface area contributed by atoms with Crippen LogP contribution >= 0.6 is 0 Å². The fourth-order valence-corrected chi connectivity index (χ4v) is 5.19. The first kappa shape index (κ1) is 31.0. The SMILES string of the molecule is CC1C(C(=O)O)=CC=CC1(C(=O)O)N1CCC(COc2ccccc2F)CC1.Cc1c(C(=O)O)cccc1C(=O)O. The van der Waals surface area contributed by atoms with E-state index in [2.05, 4.69) is 0 Å². The summed E-state index contributed by atoms with van der Waals surface area (Å²) in [5.41, 5.74) is -0.947. The van der Waals surface area contributed by atoms with Crippen LogP contribution in [0.25, 0.3) is 0 Å². The number of carbonyl (C=O) groups is 4. The Morgan fingerprint density at radius 1 is 0.927 bits per heavy atom. The van der Waals surface area contributed by atoms with E-state index in [9.17, 15) is 33.8 Å². The van der Waals surface area contributed by atoms with Crippen molar-refractivity contribution in [2.45, 2.75) is 32.2 Å². The summed E-state index contributed by atoms with van der Waals surface area (Å²) in [6, 6.07) is 10.4. The Balaban J connectivity index is 0.000000298. The number of piperidine rings is 1. The first-order valence-electron chi connectivity index (χ1n) is 12.9. The van der Waals surface area contributed by atoms with Crippen LogP contribution < -0.4 is 4.74 Å². The standard InChI is InChI=1S/C21H24FNO5.C9H8O4/c1-14-16(19(24)25)5-4-10-21(14,20(26)27)23-11-8-15(9-12-23)13-28-18-7-3-2-6-17(18)22;1-5-6(8(10)11)3-2-4-7(5)9(12)13/h2-7,10,14-15H,8-9,11-13H2,1H3,(H,24,25)(H,26,27);2-4H,1H3,(H,10,11)(H,12,13). The highest BCUT2D eigenvalue weighted by Gasteiger charge is 2.51. The van der Waals surface area contributed by atoms with E-state index in [0.29, 0.717) is 32.5 Å². The number of benzene rings is 2. The van der Waals surface area contributed by atoms with Gasteiger partial charge in [0.2, 0.25) is 0 Å². The fourth-order valence-electron chi connectivity index (χ4n) is 5.19. The third kappa shape index (κ3) is 6.80. The monoisotopic (exact) mass is 569 g/mol. The molecule has 1 fully saturated rings. The van der Waals surface area contributed by atoms with Crippen molar-refractivity contribution < 1.29 is 48.7 Å². The van der Waals surface area contributed by atoms with Gasteiger partial charge < -0.3 is 25.2 Å². The van der Waals surface area contributed by atoms with Crippen molar-refractivity contribution >= 4 is 23.9 Å². The smallest absolute Gasteiger partial charge is 0.335 e. The molecule has 0 amide bonds. The van der Waals surface area contributed by atoms with Crippen molar-refractivity contribution in [1.29, 1.82) is 0 Å². The molecule has 0 bridgehead atoms. The molecule has 0 radical (unpaired) electrons. The van der Waals surface area contributed by atoms with Crippen LogP contribution in [0.2, 0.25) is 0 Å². The van der Waals surface area contributed by atoms with Gasteiger partial charge in [-0.2, -0.15) is 0 Å². The molecule has 1 aliphatic heterocycles. The van der Waals surface area contributed by atoms with Gasteiger partial charge >= 0.3 is 23.9 Å². The summed E-state index contributed by atoms with van der Waals surface area (Å²) in [5.74, 6) is -5.07. The zero-order chi connectivity index (χ0) is 30.3. The second-order valence-corrected chi connectivity index (χ2v) is 9.90. The largest absolute Gasteiger partial charge is 0.490 e. The van der Waals surface area contributed by atoms with E-state index in [4.69, 9.17) is 14.9 Å². The number of hydrogen-bond donors (Lipinski definition) is 4. The fraction of sp³-hybridized carbons (Fsp3) is 0.333. The predicted molar refractivity (Wildman–Crippen MR) is 146 cm³/mol. The Morgan fingerprint density at radius 2 is 1.51 bits per heavy atom. The van der Waals surface area contributed by atoms with Crippen LogP contribution in [0.4, 0.5) is 4.39 Å². The van der Waals surface area contributed by atoms with Crippen LogP contribution in [-0.2, 0) is 9.59 Å². The predicted octanol–water partition coefficient (Wildman–Crippen LogP) is 4.35. The third-order valence-electron chi connectivity index (χ3n) is 7.59. The van der Waals surface area contributed by atoms with Gasteiger partial charge in [-0.15, -0.1) is 0 Å². The Labute approximate surface area is 236 Å². The minimum absolute atomic E-state index is 0.0277. The average molecular weight is 570 g/mol. The number of aromatic carboxylic acids is 2. The highest BCUT2D eigenvalue weighted by Crippen LogP contribution is 2.38. The van der Waals surface area contributed by atoms with Gasteiger partial charge in [0.25, 0.3) is 0 Å². The van der Waals surface area contributed by atoms with E-state index in [-0.39, 0.29) is 33.9 Å². The number of aliphatic carboxylic acids is 2. The van der Waals surface area contributed by atoms with Gasteiger partial charge in [0.05, 0.1) is 17.7 Å². The van der Waals surface area contributed by atoms with Crippen molar-refractivity contribution in [1.82, 2.24) is 4.90 Å². The molecule has 218 valence electrons. The van der Waals surface area contributed by atoms with Gasteiger partial charge in [-0.05, 0) is 68.6 Å². The summed E-state index contributed by atoms with van der Waals surface area (Å²) in [4.78, 5) is 46.7. The van der Waals surface area contributed by atoms with Crippen molar-refractivity contribution in [2.75, 3.05) is 19.7 Å². The molecule has 10 nitrogen and oxygen atoms in total.